The molecule has 3 nitrogen and oxygen atoms in total. The summed E-state index contributed by atoms with van der Waals surface area (Å²) in [5, 5.41) is 3.38. The molecule has 0 spiro atoms. The fourth-order valence-electron chi connectivity index (χ4n) is 0.0623. The first-order valence-corrected chi connectivity index (χ1v) is 2.06. The summed E-state index contributed by atoms with van der Waals surface area (Å²) in [7, 11) is 1.58. The van der Waals surface area contributed by atoms with Crippen molar-refractivity contribution in [2.75, 3.05) is 7.05 Å². The largest absolute Gasteiger partial charge is 0.208 e. The third-order valence-electron chi connectivity index (χ3n) is 0.176. The highest BCUT2D eigenvalue weighted by molar-refractivity contribution is 7.96. The normalized spacial score (nSPS) is 9.50. The van der Waals surface area contributed by atoms with E-state index < -0.39 is 0 Å². The summed E-state index contributed by atoms with van der Waals surface area (Å²) in [6.45, 7) is 3.16. The smallest absolute Gasteiger partial charge is 0.136 e. The summed E-state index contributed by atoms with van der Waals surface area (Å²) < 4.78 is 6.73. The molecule has 0 aliphatic heterocycles. The minimum Gasteiger partial charge on any atom is -0.208 e. The Labute approximate surface area is 40.8 Å². The first kappa shape index (κ1) is 5.62. The third kappa shape index (κ3) is 3.62. The van der Waals surface area contributed by atoms with Gasteiger partial charge >= 0.3 is 0 Å². The van der Waals surface area contributed by atoms with E-state index in [0.717, 1.165) is 12.1 Å². The van der Waals surface area contributed by atoms with Gasteiger partial charge in [0.1, 0.15) is 12.1 Å². The standard InChI is InChI=1S/C2H5N3S/c1-3-5-6-4-2/h2H2,1H3/b5-3-. The molecule has 0 aromatic carbocycles. The van der Waals surface area contributed by atoms with Gasteiger partial charge in [0.05, 0.1) is 0 Å². The van der Waals surface area contributed by atoms with Crippen molar-refractivity contribution in [3.05, 3.63) is 0 Å². The van der Waals surface area contributed by atoms with E-state index in [1.807, 2.05) is 0 Å². The van der Waals surface area contributed by atoms with Gasteiger partial charge in [-0.15, -0.1) is 0 Å². The lowest BCUT2D eigenvalue weighted by Gasteiger charge is -1.68. The Bertz CT molecular complexity index is 59.8. The lowest BCUT2D eigenvalue weighted by atomic mass is 11.6. The van der Waals surface area contributed by atoms with Gasteiger partial charge in [0.25, 0.3) is 0 Å². The molecule has 0 aliphatic rings. The van der Waals surface area contributed by atoms with Crippen LogP contribution >= 0.6 is 12.1 Å². The molecule has 4 heteroatoms. The van der Waals surface area contributed by atoms with Crippen LogP contribution in [-0.4, -0.2) is 13.8 Å². The molecule has 0 unspecified atom stereocenters. The summed E-state index contributed by atoms with van der Waals surface area (Å²) in [4.78, 5) is 0. The predicted molar refractivity (Wildman–Crippen MR) is 27.9 cm³/mol. The Hall–Kier alpha value is -0.380. The zero-order valence-electron chi connectivity index (χ0n) is 3.46. The molecule has 34 valence electrons. The van der Waals surface area contributed by atoms with Gasteiger partial charge in [0.15, 0.2) is 0 Å². The van der Waals surface area contributed by atoms with Gasteiger partial charge in [-0.3, -0.25) is 0 Å². The van der Waals surface area contributed by atoms with E-state index in [0.29, 0.717) is 0 Å². The highest BCUT2D eigenvalue weighted by Crippen LogP contribution is 1.98. The molecule has 0 aromatic heterocycles. The molecule has 0 N–H and O–H groups in total. The molecular weight excluding hydrogens is 98.1 g/mol. The monoisotopic (exact) mass is 103 g/mol. The Morgan fingerprint density at radius 3 is 2.50 bits per heavy atom. The van der Waals surface area contributed by atoms with Crippen molar-refractivity contribution in [2.45, 2.75) is 0 Å². The Balaban J connectivity index is 2.85. The van der Waals surface area contributed by atoms with Crippen LogP contribution in [0.3, 0.4) is 0 Å². The van der Waals surface area contributed by atoms with E-state index in [-0.39, 0.29) is 0 Å². The van der Waals surface area contributed by atoms with Crippen LogP contribution in [0.2, 0.25) is 0 Å². The molecule has 0 heterocycles. The lowest BCUT2D eigenvalue weighted by Crippen LogP contribution is -1.38. The van der Waals surface area contributed by atoms with Crippen LogP contribution in [0, 0.1) is 0 Å². The summed E-state index contributed by atoms with van der Waals surface area (Å²) >= 11 is 0.980. The van der Waals surface area contributed by atoms with E-state index in [1.165, 1.54) is 0 Å². The van der Waals surface area contributed by atoms with Crippen LogP contribution in [0.5, 0.6) is 0 Å². The molecule has 0 atom stereocenters. The molecular formula is C2H5N3S. The summed E-state index contributed by atoms with van der Waals surface area (Å²) in [5.74, 6) is 0. The van der Waals surface area contributed by atoms with Crippen LogP contribution in [-0.2, 0) is 0 Å². The van der Waals surface area contributed by atoms with Gasteiger partial charge in [-0.25, -0.2) is 4.40 Å². The van der Waals surface area contributed by atoms with E-state index in [9.17, 15) is 0 Å². The second kappa shape index (κ2) is 4.62. The molecule has 0 aromatic rings. The second-order valence-electron chi connectivity index (χ2n) is 0.492. The minimum atomic E-state index is 0.980. The summed E-state index contributed by atoms with van der Waals surface area (Å²) in [6.07, 6.45) is 0. The molecule has 0 bridgehead atoms. The van der Waals surface area contributed by atoms with Crippen molar-refractivity contribution >= 4 is 18.9 Å². The van der Waals surface area contributed by atoms with Crippen LogP contribution in [0.25, 0.3) is 0 Å². The second-order valence-corrected chi connectivity index (χ2v) is 1.08. The van der Waals surface area contributed by atoms with Gasteiger partial charge < -0.3 is 0 Å². The van der Waals surface area contributed by atoms with Crippen LogP contribution < -0.4 is 0 Å². The molecule has 0 saturated heterocycles. The zero-order valence-corrected chi connectivity index (χ0v) is 4.27. The van der Waals surface area contributed by atoms with Crippen LogP contribution in [0.15, 0.2) is 14.0 Å². The van der Waals surface area contributed by atoms with Gasteiger partial charge in [0, 0.05) is 13.8 Å². The lowest BCUT2D eigenvalue weighted by molar-refractivity contribution is 1.25. The molecule has 0 radical (unpaired) electrons. The van der Waals surface area contributed by atoms with Crippen LogP contribution in [0.1, 0.15) is 0 Å². The zero-order chi connectivity index (χ0) is 4.83. The maximum atomic E-state index is 3.40. The SMILES string of the molecule is C=NS/N=N\C. The van der Waals surface area contributed by atoms with Gasteiger partial charge in [0.2, 0.25) is 0 Å². The van der Waals surface area contributed by atoms with E-state index in [1.54, 1.807) is 7.05 Å². The number of hydrogen-bond donors (Lipinski definition) is 0. The molecule has 0 rings (SSSR count). The van der Waals surface area contributed by atoms with Gasteiger partial charge in [-0.05, 0) is 0 Å². The van der Waals surface area contributed by atoms with Gasteiger partial charge in [-0.2, -0.15) is 5.11 Å². The third-order valence-corrected chi connectivity index (χ3v) is 0.528. The quantitative estimate of drug-likeness (QED) is 0.295. The van der Waals surface area contributed by atoms with Crippen molar-refractivity contribution in [3.8, 4) is 0 Å². The van der Waals surface area contributed by atoms with Crippen LogP contribution in [0.4, 0.5) is 0 Å². The first-order valence-electron chi connectivity index (χ1n) is 1.33. The van der Waals surface area contributed by atoms with Crippen molar-refractivity contribution in [1.82, 2.24) is 0 Å². The highest BCUT2D eigenvalue weighted by Gasteiger charge is 1.60. The molecule has 0 saturated carbocycles. The summed E-state index contributed by atoms with van der Waals surface area (Å²) in [5.41, 5.74) is 0. The van der Waals surface area contributed by atoms with Crippen molar-refractivity contribution < 1.29 is 0 Å². The van der Waals surface area contributed by atoms with E-state index in [2.05, 4.69) is 20.7 Å². The minimum absolute atomic E-state index is 0.980. The first-order chi connectivity index (χ1) is 2.91. The Morgan fingerprint density at radius 1 is 1.67 bits per heavy atom. The average molecular weight is 103 g/mol. The summed E-state index contributed by atoms with van der Waals surface area (Å²) in [6, 6.07) is 0. The Morgan fingerprint density at radius 2 is 2.33 bits per heavy atom. The van der Waals surface area contributed by atoms with E-state index >= 15 is 0 Å². The maximum absolute atomic E-state index is 3.40. The van der Waals surface area contributed by atoms with Crippen molar-refractivity contribution in [1.29, 1.82) is 0 Å². The topological polar surface area (TPSA) is 37.1 Å². The molecule has 6 heavy (non-hydrogen) atoms. The molecule has 0 fully saturated rings. The highest BCUT2D eigenvalue weighted by atomic mass is 32.2. The van der Waals surface area contributed by atoms with E-state index in [4.69, 9.17) is 0 Å². The number of hydrogen-bond acceptors (Lipinski definition) is 4. The fourth-order valence-corrected chi connectivity index (χ4v) is 0.187. The van der Waals surface area contributed by atoms with Crippen molar-refractivity contribution in [3.63, 3.8) is 0 Å². The maximum Gasteiger partial charge on any atom is 0.136 e. The number of nitrogens with zero attached hydrogens (tertiary/aromatic N) is 3. The fraction of sp³-hybridized carbons (Fsp3) is 0.500. The van der Waals surface area contributed by atoms with Gasteiger partial charge in [-0.1, -0.05) is 4.52 Å². The Kier molecular flexibility index (Phi) is 4.33. The average Bonchev–Trinajstić information content (AvgIpc) is 1.61. The number of rotatable bonds is 2. The molecule has 0 aliphatic carbocycles. The van der Waals surface area contributed by atoms with Crippen molar-refractivity contribution in [2.24, 2.45) is 14.0 Å². The molecule has 0 amide bonds. The predicted octanol–water partition coefficient (Wildman–Crippen LogP) is 1.33.